The molecule has 0 aliphatic heterocycles. The molecule has 12 nitrogen and oxygen atoms in total. The summed E-state index contributed by atoms with van der Waals surface area (Å²) in [5.41, 5.74) is 4.54. The monoisotopic (exact) mass is 739 g/mol. The molecule has 1 heterocycles. The first kappa shape index (κ1) is 37.8. The number of carbonyl (C=O) groups is 4. The molecule has 6 rings (SSSR count). The predicted molar refractivity (Wildman–Crippen MR) is 210 cm³/mol. The molecule has 3 amide bonds. The van der Waals surface area contributed by atoms with Crippen molar-refractivity contribution in [2.24, 2.45) is 5.41 Å². The van der Waals surface area contributed by atoms with E-state index >= 15 is 0 Å². The first-order valence-corrected chi connectivity index (χ1v) is 17.6. The largest absolute Gasteiger partial charge is 0.489 e. The van der Waals surface area contributed by atoms with Crippen molar-refractivity contribution in [3.63, 3.8) is 0 Å². The number of H-pyrrole nitrogens is 1. The van der Waals surface area contributed by atoms with Crippen LogP contribution in [0.2, 0.25) is 0 Å². The van der Waals surface area contributed by atoms with Crippen LogP contribution in [0.15, 0.2) is 115 Å². The van der Waals surface area contributed by atoms with Gasteiger partial charge in [0.05, 0.1) is 29.3 Å². The quantitative estimate of drug-likeness (QED) is 0.0911. The molecule has 5 aromatic carbocycles. The Hall–Kier alpha value is -6.95. The van der Waals surface area contributed by atoms with Crippen LogP contribution >= 0.6 is 0 Å². The van der Waals surface area contributed by atoms with Crippen molar-refractivity contribution in [3.05, 3.63) is 143 Å². The number of rotatable bonds is 12. The number of anilines is 2. The van der Waals surface area contributed by atoms with E-state index in [1.807, 2.05) is 81.4 Å². The fourth-order valence-electron chi connectivity index (χ4n) is 5.62. The highest BCUT2D eigenvalue weighted by atomic mass is 16.5. The number of nitrogens with one attached hydrogen (secondary N) is 4. The predicted octanol–water partition coefficient (Wildman–Crippen LogP) is 8.37. The van der Waals surface area contributed by atoms with E-state index in [0.29, 0.717) is 40.1 Å². The van der Waals surface area contributed by atoms with Gasteiger partial charge in [-0.3, -0.25) is 14.9 Å². The van der Waals surface area contributed by atoms with Crippen molar-refractivity contribution in [1.82, 2.24) is 15.3 Å². The number of ether oxygens (including phenoxy) is 3. The Morgan fingerprint density at radius 1 is 0.709 bits per heavy atom. The van der Waals surface area contributed by atoms with Crippen LogP contribution in [0.3, 0.4) is 0 Å². The molecule has 55 heavy (non-hydrogen) atoms. The van der Waals surface area contributed by atoms with Gasteiger partial charge in [0.2, 0.25) is 5.95 Å². The second-order valence-electron chi connectivity index (χ2n) is 13.9. The van der Waals surface area contributed by atoms with Gasteiger partial charge in [-0.1, -0.05) is 87.5 Å². The normalized spacial score (nSPS) is 11.1. The minimum atomic E-state index is -0.678. The fourth-order valence-corrected chi connectivity index (χ4v) is 5.62. The van der Waals surface area contributed by atoms with Gasteiger partial charge in [0.15, 0.2) is 0 Å². The molecule has 0 aliphatic carbocycles. The average Bonchev–Trinajstić information content (AvgIpc) is 3.59. The van der Waals surface area contributed by atoms with Crippen molar-refractivity contribution < 1.29 is 33.4 Å². The van der Waals surface area contributed by atoms with E-state index in [1.54, 1.807) is 48.5 Å². The number of esters is 1. The van der Waals surface area contributed by atoms with Crippen LogP contribution in [0, 0.1) is 5.41 Å². The van der Waals surface area contributed by atoms with Crippen molar-refractivity contribution in [3.8, 4) is 16.9 Å². The first-order valence-electron chi connectivity index (χ1n) is 17.6. The summed E-state index contributed by atoms with van der Waals surface area (Å²) in [6, 6.07) is 33.7. The summed E-state index contributed by atoms with van der Waals surface area (Å²) in [4.78, 5) is 60.3. The lowest BCUT2D eigenvalue weighted by atomic mass is 9.92. The lowest BCUT2D eigenvalue weighted by Crippen LogP contribution is -2.32. The molecule has 12 heteroatoms. The van der Waals surface area contributed by atoms with E-state index in [2.05, 4.69) is 25.9 Å². The topological polar surface area (TPSA) is 161 Å². The third-order valence-corrected chi connectivity index (χ3v) is 8.41. The molecule has 0 bridgehead atoms. The zero-order valence-electron chi connectivity index (χ0n) is 30.9. The highest BCUT2D eigenvalue weighted by Gasteiger charge is 2.23. The maximum Gasteiger partial charge on any atom is 0.414 e. The highest BCUT2D eigenvalue weighted by molar-refractivity contribution is 6.11. The second-order valence-corrected chi connectivity index (χ2v) is 13.9. The van der Waals surface area contributed by atoms with E-state index in [4.69, 9.17) is 14.2 Å². The number of aromatic nitrogens is 2. The van der Waals surface area contributed by atoms with E-state index in [0.717, 1.165) is 11.1 Å². The Bertz CT molecular complexity index is 2330. The summed E-state index contributed by atoms with van der Waals surface area (Å²) in [6.45, 7) is 6.81. The molecule has 0 unspecified atom stereocenters. The number of carbonyl (C=O) groups excluding carboxylic acids is 4. The maximum absolute atomic E-state index is 14.2. The van der Waals surface area contributed by atoms with Crippen LogP contribution < -0.4 is 20.7 Å². The number of aromatic amines is 1. The Morgan fingerprint density at radius 2 is 1.38 bits per heavy atom. The number of methoxy groups -OCH3 is 1. The number of fused-ring (bicyclic) bond motifs is 1. The smallest absolute Gasteiger partial charge is 0.414 e. The maximum atomic E-state index is 14.2. The molecule has 0 saturated carbocycles. The van der Waals surface area contributed by atoms with Gasteiger partial charge < -0.3 is 29.8 Å². The number of nitrogens with zero attached hydrogens (tertiary/aromatic N) is 1. The molecule has 0 aliphatic rings. The molecular weight excluding hydrogens is 699 g/mol. The van der Waals surface area contributed by atoms with Crippen LogP contribution in [-0.2, 0) is 22.7 Å². The molecule has 4 N–H and O–H groups in total. The number of benzene rings is 5. The van der Waals surface area contributed by atoms with E-state index in [-0.39, 0.29) is 47.2 Å². The number of amides is 3. The Morgan fingerprint density at radius 3 is 2.07 bits per heavy atom. The highest BCUT2D eigenvalue weighted by Crippen LogP contribution is 2.33. The van der Waals surface area contributed by atoms with Gasteiger partial charge in [0, 0.05) is 17.8 Å². The van der Waals surface area contributed by atoms with Crippen molar-refractivity contribution >= 4 is 46.5 Å². The first-order chi connectivity index (χ1) is 26.5. The SMILES string of the molecule is COC(=O)c1cc(C(=O)NCC(C)(C)C)ccc1-c1ccc(OCc2ccccc2)cc1C(=O)Nc1ccc2nc(NC(=O)OCc3ccccc3)[nH]c2c1. The molecule has 6 aromatic rings. The minimum Gasteiger partial charge on any atom is -0.489 e. The average molecular weight is 740 g/mol. The van der Waals surface area contributed by atoms with Crippen molar-refractivity contribution in [2.45, 2.75) is 34.0 Å². The molecule has 0 saturated heterocycles. The Labute approximate surface area is 318 Å². The summed E-state index contributed by atoms with van der Waals surface area (Å²) in [6.07, 6.45) is -0.678. The van der Waals surface area contributed by atoms with Gasteiger partial charge in [-0.2, -0.15) is 0 Å². The molecular formula is C43H41N5O7. The third kappa shape index (κ3) is 9.93. The summed E-state index contributed by atoms with van der Waals surface area (Å²) < 4.78 is 16.5. The van der Waals surface area contributed by atoms with Gasteiger partial charge >= 0.3 is 12.1 Å². The van der Waals surface area contributed by atoms with Crippen LogP contribution in [0.5, 0.6) is 5.75 Å². The van der Waals surface area contributed by atoms with Crippen molar-refractivity contribution in [1.29, 1.82) is 0 Å². The Balaban J connectivity index is 1.28. The van der Waals surface area contributed by atoms with Crippen LogP contribution in [0.25, 0.3) is 22.2 Å². The number of imidazole rings is 1. The van der Waals surface area contributed by atoms with Crippen LogP contribution in [0.4, 0.5) is 16.4 Å². The Kier molecular flexibility index (Phi) is 11.5. The van der Waals surface area contributed by atoms with Gasteiger partial charge in [-0.25, -0.2) is 14.6 Å². The molecule has 1 aromatic heterocycles. The van der Waals surface area contributed by atoms with E-state index < -0.39 is 18.0 Å². The molecule has 0 atom stereocenters. The van der Waals surface area contributed by atoms with E-state index in [9.17, 15) is 19.2 Å². The van der Waals surface area contributed by atoms with Crippen molar-refractivity contribution in [2.75, 3.05) is 24.3 Å². The van der Waals surface area contributed by atoms with E-state index in [1.165, 1.54) is 13.2 Å². The second kappa shape index (κ2) is 16.8. The van der Waals surface area contributed by atoms with Gasteiger partial charge in [-0.05, 0) is 76.2 Å². The fraction of sp³-hybridized carbons (Fsp3) is 0.186. The minimum absolute atomic E-state index is 0.0988. The van der Waals surface area contributed by atoms with Gasteiger partial charge in [0.1, 0.15) is 19.0 Å². The number of hydrogen-bond donors (Lipinski definition) is 4. The lowest BCUT2D eigenvalue weighted by Gasteiger charge is -2.19. The third-order valence-electron chi connectivity index (χ3n) is 8.41. The number of hydrogen-bond acceptors (Lipinski definition) is 8. The zero-order valence-corrected chi connectivity index (χ0v) is 30.9. The summed E-state index contributed by atoms with van der Waals surface area (Å²) >= 11 is 0. The molecule has 280 valence electrons. The summed E-state index contributed by atoms with van der Waals surface area (Å²) in [5.74, 6) is -0.910. The molecule has 0 fully saturated rings. The van der Waals surface area contributed by atoms with Crippen LogP contribution in [0.1, 0.15) is 63.0 Å². The van der Waals surface area contributed by atoms with Gasteiger partial charge in [-0.15, -0.1) is 0 Å². The lowest BCUT2D eigenvalue weighted by molar-refractivity contribution is 0.0601. The van der Waals surface area contributed by atoms with Gasteiger partial charge in [0.25, 0.3) is 11.8 Å². The summed E-state index contributed by atoms with van der Waals surface area (Å²) in [5, 5.41) is 8.44. The van der Waals surface area contributed by atoms with Crippen LogP contribution in [-0.4, -0.2) is 47.5 Å². The molecule has 0 spiro atoms. The zero-order chi connectivity index (χ0) is 39.0. The summed E-state index contributed by atoms with van der Waals surface area (Å²) in [7, 11) is 1.26. The standard InChI is InChI=1S/C43H41N5O7/c1-43(2,3)26-44-38(49)29-15-18-33(35(21-29)40(51)53-4)32-19-17-31(54-24-27-11-7-5-8-12-27)23-34(32)39(50)45-30-16-20-36-37(22-30)47-41(46-36)48-42(52)55-25-28-13-9-6-10-14-28/h5-23H,24-26H2,1-4H3,(H,44,49)(H,45,50)(H2,46,47,48,52). The molecule has 0 radical (unpaired) electrons.